The van der Waals surface area contributed by atoms with E-state index in [4.69, 9.17) is 15.7 Å². The van der Waals surface area contributed by atoms with Crippen molar-refractivity contribution in [2.45, 2.75) is 67.2 Å². The zero-order chi connectivity index (χ0) is 28.9. The molecular formula is C34H38N4O2. The summed E-state index contributed by atoms with van der Waals surface area (Å²) in [6.45, 7) is 16.1. The largest absolute Gasteiger partial charge is 0.404 e. The van der Waals surface area contributed by atoms with Gasteiger partial charge in [-0.2, -0.15) is 0 Å². The van der Waals surface area contributed by atoms with E-state index in [0.717, 1.165) is 78.9 Å². The standard InChI is InChI=1S/C34H38N4O2/c1-8-23(17(3)16-35)22-12-27-19(5)24(9-2)30(36-27)15-29-21(7)32-31(40)14-26(34(32)38-29)33-25(11-10-18(4)39)20(6)28(13-22)37-33/h8,12-13,15-16,20,25,38H,1,9-11,14,35H2,2-7H3/b17-16-,23-22-,27-12-,28-13-,29-15-/t20-,25?/m0/s1. The molecule has 206 valence electrons. The van der Waals surface area contributed by atoms with Crippen LogP contribution < -0.4 is 16.4 Å². The highest BCUT2D eigenvalue weighted by atomic mass is 16.1. The van der Waals surface area contributed by atoms with Gasteiger partial charge in [-0.1, -0.05) is 26.5 Å². The van der Waals surface area contributed by atoms with E-state index in [1.807, 2.05) is 19.9 Å². The summed E-state index contributed by atoms with van der Waals surface area (Å²) >= 11 is 0. The number of H-pyrrole nitrogens is 1. The summed E-state index contributed by atoms with van der Waals surface area (Å²) in [5, 5.41) is 1.77. The zero-order valence-corrected chi connectivity index (χ0v) is 24.4. The number of aliphatic imine (C=N–C) groups is 2. The number of hydrogen-bond acceptors (Lipinski definition) is 5. The van der Waals surface area contributed by atoms with Crippen LogP contribution in [0.4, 0.5) is 0 Å². The zero-order valence-electron chi connectivity index (χ0n) is 24.4. The predicted molar refractivity (Wildman–Crippen MR) is 163 cm³/mol. The third-order valence-corrected chi connectivity index (χ3v) is 8.80. The van der Waals surface area contributed by atoms with E-state index in [2.05, 4.69) is 50.6 Å². The second-order valence-corrected chi connectivity index (χ2v) is 11.2. The Morgan fingerprint density at radius 3 is 2.60 bits per heavy atom. The van der Waals surface area contributed by atoms with E-state index in [9.17, 15) is 9.59 Å². The van der Waals surface area contributed by atoms with Crippen molar-refractivity contribution in [1.82, 2.24) is 4.98 Å². The minimum atomic E-state index is 0.0288. The minimum absolute atomic E-state index is 0.0288. The average Bonchev–Trinajstić information content (AvgIpc) is 3.60. The number of aromatic amines is 1. The van der Waals surface area contributed by atoms with Gasteiger partial charge in [0, 0.05) is 46.9 Å². The van der Waals surface area contributed by atoms with Crippen molar-refractivity contribution in [2.24, 2.45) is 27.6 Å². The number of nitrogens with one attached hydrogen (secondary N) is 1. The summed E-state index contributed by atoms with van der Waals surface area (Å²) in [5.41, 5.74) is 17.3. The molecule has 0 radical (unpaired) electrons. The van der Waals surface area contributed by atoms with Crippen molar-refractivity contribution < 1.29 is 9.59 Å². The van der Waals surface area contributed by atoms with Crippen LogP contribution in [0.2, 0.25) is 0 Å². The summed E-state index contributed by atoms with van der Waals surface area (Å²) in [4.78, 5) is 39.3. The van der Waals surface area contributed by atoms with Gasteiger partial charge in [-0.3, -0.25) is 9.79 Å². The number of fused-ring (bicyclic) bond motifs is 4. The first-order chi connectivity index (χ1) is 19.1. The molecule has 0 fully saturated rings. The number of Topliss-reactive ketones (excluding diaryl/α,β-unsaturated/α-hetero) is 2. The molecule has 4 heterocycles. The number of allylic oxidation sites excluding steroid dienone is 9. The quantitative estimate of drug-likeness (QED) is 0.523. The Morgan fingerprint density at radius 2 is 1.95 bits per heavy atom. The number of rotatable bonds is 6. The fourth-order valence-electron chi connectivity index (χ4n) is 6.43. The molecule has 40 heavy (non-hydrogen) atoms. The normalized spacial score (nSPS) is 26.9. The minimum Gasteiger partial charge on any atom is -0.404 e. The van der Waals surface area contributed by atoms with Crippen LogP contribution in [-0.2, 0) is 4.79 Å². The van der Waals surface area contributed by atoms with Crippen LogP contribution in [0.3, 0.4) is 0 Å². The molecule has 4 aliphatic rings. The Hall–Kier alpha value is -4.06. The van der Waals surface area contributed by atoms with Crippen LogP contribution in [0.25, 0.3) is 11.6 Å². The molecule has 6 bridgehead atoms. The number of aromatic nitrogens is 1. The van der Waals surface area contributed by atoms with Gasteiger partial charge >= 0.3 is 0 Å². The number of carbonyl (C=O) groups is 2. The van der Waals surface area contributed by atoms with E-state index in [-0.39, 0.29) is 23.4 Å². The highest BCUT2D eigenvalue weighted by Crippen LogP contribution is 2.40. The van der Waals surface area contributed by atoms with E-state index < -0.39 is 0 Å². The molecule has 3 N–H and O–H groups in total. The van der Waals surface area contributed by atoms with Crippen molar-refractivity contribution >= 4 is 34.6 Å². The van der Waals surface area contributed by atoms with Gasteiger partial charge in [0.1, 0.15) is 5.78 Å². The molecule has 0 saturated carbocycles. The van der Waals surface area contributed by atoms with Crippen molar-refractivity contribution in [3.63, 3.8) is 0 Å². The van der Waals surface area contributed by atoms with Crippen LogP contribution in [-0.4, -0.2) is 28.0 Å². The lowest BCUT2D eigenvalue weighted by molar-refractivity contribution is -0.117. The summed E-state index contributed by atoms with van der Waals surface area (Å²) in [6.07, 6.45) is 12.0. The number of nitrogens with two attached hydrogens (primary N) is 1. The molecule has 0 amide bonds. The highest BCUT2D eigenvalue weighted by molar-refractivity contribution is 6.29. The average molecular weight is 535 g/mol. The second kappa shape index (κ2) is 10.5. The Bertz CT molecular complexity index is 1710. The Kier molecular flexibility index (Phi) is 7.21. The number of nitrogens with zero attached hydrogens (tertiary/aromatic N) is 2. The molecular weight excluding hydrogens is 496 g/mol. The van der Waals surface area contributed by atoms with E-state index in [1.54, 1.807) is 13.1 Å². The summed E-state index contributed by atoms with van der Waals surface area (Å²) in [5.74, 6) is 0.349. The first kappa shape index (κ1) is 27.5. The maximum Gasteiger partial charge on any atom is 0.169 e. The van der Waals surface area contributed by atoms with Gasteiger partial charge in [0.05, 0.1) is 22.5 Å². The lowest BCUT2D eigenvalue weighted by atomic mass is 9.83. The van der Waals surface area contributed by atoms with Crippen molar-refractivity contribution in [1.29, 1.82) is 0 Å². The number of hydrogen-bond donors (Lipinski definition) is 2. The van der Waals surface area contributed by atoms with Crippen molar-refractivity contribution in [2.75, 3.05) is 0 Å². The summed E-state index contributed by atoms with van der Waals surface area (Å²) in [6, 6.07) is 0. The fraction of sp³-hybridized carbons (Fsp3) is 0.353. The Balaban J connectivity index is 1.89. The fourth-order valence-corrected chi connectivity index (χ4v) is 6.43. The van der Waals surface area contributed by atoms with Crippen LogP contribution in [0, 0.1) is 18.8 Å². The van der Waals surface area contributed by atoms with E-state index in [0.29, 0.717) is 19.3 Å². The van der Waals surface area contributed by atoms with Gasteiger partial charge in [-0.15, -0.1) is 0 Å². The first-order valence-electron chi connectivity index (χ1n) is 14.1. The lowest BCUT2D eigenvalue weighted by Crippen LogP contribution is -2.23. The number of carbonyl (C=O) groups excluding carboxylic acids is 2. The predicted octanol–water partition coefficient (Wildman–Crippen LogP) is 5.22. The van der Waals surface area contributed by atoms with Gasteiger partial charge in [-0.25, -0.2) is 4.99 Å². The molecule has 6 nitrogen and oxygen atoms in total. The monoisotopic (exact) mass is 534 g/mol. The summed E-state index contributed by atoms with van der Waals surface area (Å²) < 4.78 is 0. The van der Waals surface area contributed by atoms with Crippen molar-refractivity contribution in [3.8, 4) is 0 Å². The van der Waals surface area contributed by atoms with Gasteiger partial charge in [0.25, 0.3) is 0 Å². The molecule has 5 rings (SSSR count). The SMILES string of the molecule is C=CC(/C(C)=C\N)=C1\C=C2N=C(/C=c3\[nH]c4c(c3C)C(=O)CC=4C3=N/C(=C\1)[C@@H](C)C3CCC(C)=O)C(CC)=C/2C. The molecule has 0 spiro atoms. The second-order valence-electron chi connectivity index (χ2n) is 11.2. The maximum atomic E-state index is 13.4. The molecule has 0 saturated heterocycles. The van der Waals surface area contributed by atoms with E-state index >= 15 is 0 Å². The van der Waals surface area contributed by atoms with Crippen LogP contribution in [0.1, 0.15) is 76.2 Å². The van der Waals surface area contributed by atoms with Crippen LogP contribution in [0.15, 0.2) is 80.3 Å². The lowest BCUT2D eigenvalue weighted by Gasteiger charge is -2.18. The summed E-state index contributed by atoms with van der Waals surface area (Å²) in [7, 11) is 0. The molecule has 3 aliphatic heterocycles. The first-order valence-corrected chi connectivity index (χ1v) is 14.1. The van der Waals surface area contributed by atoms with Gasteiger partial charge in [-0.05, 0) is 98.4 Å². The smallest absolute Gasteiger partial charge is 0.169 e. The molecule has 1 unspecified atom stereocenters. The van der Waals surface area contributed by atoms with Crippen molar-refractivity contribution in [3.05, 3.63) is 92.1 Å². The molecule has 1 aliphatic carbocycles. The van der Waals surface area contributed by atoms with Gasteiger partial charge < -0.3 is 15.5 Å². The van der Waals surface area contributed by atoms with Crippen LogP contribution in [0.5, 0.6) is 0 Å². The molecule has 0 aromatic carbocycles. The Morgan fingerprint density at radius 1 is 1.20 bits per heavy atom. The Labute approximate surface area is 236 Å². The number of ketones is 2. The van der Waals surface area contributed by atoms with Crippen LogP contribution >= 0.6 is 0 Å². The molecule has 2 atom stereocenters. The molecule has 1 aromatic heterocycles. The van der Waals surface area contributed by atoms with E-state index in [1.165, 1.54) is 5.57 Å². The van der Waals surface area contributed by atoms with Gasteiger partial charge in [0.15, 0.2) is 5.78 Å². The molecule has 6 heteroatoms. The third kappa shape index (κ3) is 4.45. The highest BCUT2D eigenvalue weighted by Gasteiger charge is 2.38. The topological polar surface area (TPSA) is 101 Å². The maximum absolute atomic E-state index is 13.4. The third-order valence-electron chi connectivity index (χ3n) is 8.80. The molecule has 1 aromatic rings. The van der Waals surface area contributed by atoms with Gasteiger partial charge in [0.2, 0.25) is 0 Å².